The molecule has 0 bridgehead atoms. The fourth-order valence-corrected chi connectivity index (χ4v) is 3.59. The van der Waals surface area contributed by atoms with E-state index in [-0.39, 0.29) is 11.3 Å². The number of nitrogens with zero attached hydrogens (tertiary/aromatic N) is 5. The second-order valence-electron chi connectivity index (χ2n) is 8.34. The maximum atomic E-state index is 12.7. The molecule has 0 spiro atoms. The third kappa shape index (κ3) is 5.59. The highest BCUT2D eigenvalue weighted by molar-refractivity contribution is 5.98. The second kappa shape index (κ2) is 9.11. The molecule has 0 unspecified atom stereocenters. The van der Waals surface area contributed by atoms with Gasteiger partial charge in [0.05, 0.1) is 11.9 Å². The van der Waals surface area contributed by atoms with E-state index in [1.54, 1.807) is 15.8 Å². The van der Waals surface area contributed by atoms with Crippen molar-refractivity contribution in [3.05, 3.63) is 48.3 Å². The molecule has 3 rings (SSSR count). The highest BCUT2D eigenvalue weighted by Crippen LogP contribution is 2.22. The van der Waals surface area contributed by atoms with Gasteiger partial charge >= 0.3 is 0 Å². The minimum Gasteiger partial charge on any atom is -0.357 e. The molecule has 0 saturated carbocycles. The van der Waals surface area contributed by atoms with Gasteiger partial charge in [-0.15, -0.1) is 0 Å². The van der Waals surface area contributed by atoms with Crippen LogP contribution in [-0.2, 0) is 18.3 Å². The van der Waals surface area contributed by atoms with Crippen molar-refractivity contribution in [1.29, 1.82) is 0 Å². The van der Waals surface area contributed by atoms with Crippen molar-refractivity contribution in [3.8, 4) is 0 Å². The molecule has 0 radical (unpaired) electrons. The Hall–Kier alpha value is -2.83. The SMILES string of the molecule is CCNC(=NCC(C)(C)Cc1ccccc1)N1CCN(c2cnn(C)c2)C(=O)C1. The Labute approximate surface area is 173 Å². The lowest BCUT2D eigenvalue weighted by molar-refractivity contribution is -0.120. The van der Waals surface area contributed by atoms with Crippen molar-refractivity contribution >= 4 is 17.6 Å². The molecule has 0 atom stereocenters. The first-order valence-corrected chi connectivity index (χ1v) is 10.2. The molecule has 1 saturated heterocycles. The molecule has 7 nitrogen and oxygen atoms in total. The van der Waals surface area contributed by atoms with Crippen molar-refractivity contribution < 1.29 is 4.79 Å². The van der Waals surface area contributed by atoms with E-state index in [2.05, 4.69) is 60.4 Å². The molecule has 1 fully saturated rings. The normalized spacial score (nSPS) is 15.7. The molecule has 1 N–H and O–H groups in total. The number of aliphatic imine (C=N–C) groups is 1. The van der Waals surface area contributed by atoms with Gasteiger partial charge in [-0.25, -0.2) is 0 Å². The van der Waals surface area contributed by atoms with E-state index >= 15 is 0 Å². The lowest BCUT2D eigenvalue weighted by atomic mass is 9.86. The van der Waals surface area contributed by atoms with Crippen LogP contribution < -0.4 is 10.2 Å². The van der Waals surface area contributed by atoms with Crippen LogP contribution >= 0.6 is 0 Å². The monoisotopic (exact) mass is 396 g/mol. The van der Waals surface area contributed by atoms with Gasteiger partial charge in [-0.05, 0) is 24.3 Å². The Morgan fingerprint density at radius 1 is 1.24 bits per heavy atom. The number of anilines is 1. The third-order valence-electron chi connectivity index (χ3n) is 5.04. The van der Waals surface area contributed by atoms with E-state index in [1.807, 2.05) is 19.3 Å². The number of piperazine rings is 1. The molecule has 7 heteroatoms. The van der Waals surface area contributed by atoms with Crippen LogP contribution in [0.1, 0.15) is 26.3 Å². The molecule has 29 heavy (non-hydrogen) atoms. The van der Waals surface area contributed by atoms with Gasteiger partial charge in [-0.2, -0.15) is 5.10 Å². The van der Waals surface area contributed by atoms with Gasteiger partial charge in [0.1, 0.15) is 6.54 Å². The van der Waals surface area contributed by atoms with Gasteiger partial charge in [0.25, 0.3) is 0 Å². The van der Waals surface area contributed by atoms with Crippen LogP contribution in [0.15, 0.2) is 47.7 Å². The summed E-state index contributed by atoms with van der Waals surface area (Å²) in [7, 11) is 1.86. The van der Waals surface area contributed by atoms with E-state index in [9.17, 15) is 4.79 Å². The van der Waals surface area contributed by atoms with E-state index < -0.39 is 0 Å². The quantitative estimate of drug-likeness (QED) is 0.601. The van der Waals surface area contributed by atoms with Crippen molar-refractivity contribution in [2.75, 3.05) is 37.6 Å². The predicted octanol–water partition coefficient (Wildman–Crippen LogP) is 2.30. The van der Waals surface area contributed by atoms with Crippen molar-refractivity contribution in [2.24, 2.45) is 17.5 Å². The average Bonchev–Trinajstić information content (AvgIpc) is 3.11. The molecule has 1 aliphatic rings. The smallest absolute Gasteiger partial charge is 0.246 e. The Morgan fingerprint density at radius 3 is 2.62 bits per heavy atom. The number of guanidine groups is 1. The zero-order valence-corrected chi connectivity index (χ0v) is 17.9. The number of hydrogen-bond acceptors (Lipinski definition) is 3. The van der Waals surface area contributed by atoms with Gasteiger partial charge < -0.3 is 15.1 Å². The number of carbonyl (C=O) groups is 1. The van der Waals surface area contributed by atoms with E-state index in [0.29, 0.717) is 19.6 Å². The summed E-state index contributed by atoms with van der Waals surface area (Å²) in [5.41, 5.74) is 2.20. The Morgan fingerprint density at radius 2 is 2.00 bits per heavy atom. The first kappa shape index (κ1) is 20.9. The predicted molar refractivity (Wildman–Crippen MR) is 117 cm³/mol. The minimum atomic E-state index is 0.0313. The maximum Gasteiger partial charge on any atom is 0.246 e. The average molecular weight is 397 g/mol. The molecule has 1 aliphatic heterocycles. The highest BCUT2D eigenvalue weighted by atomic mass is 16.2. The van der Waals surface area contributed by atoms with Crippen LogP contribution in [-0.4, -0.2) is 59.3 Å². The third-order valence-corrected chi connectivity index (χ3v) is 5.04. The second-order valence-corrected chi connectivity index (χ2v) is 8.34. The summed E-state index contributed by atoms with van der Waals surface area (Å²) in [6.07, 6.45) is 4.57. The molecule has 1 aromatic carbocycles. The Kier molecular flexibility index (Phi) is 6.56. The van der Waals surface area contributed by atoms with Gasteiger partial charge in [0.15, 0.2) is 5.96 Å². The maximum absolute atomic E-state index is 12.7. The lowest BCUT2D eigenvalue weighted by Gasteiger charge is -2.36. The van der Waals surface area contributed by atoms with Crippen LogP contribution in [0.2, 0.25) is 0 Å². The van der Waals surface area contributed by atoms with Crippen LogP contribution in [0, 0.1) is 5.41 Å². The van der Waals surface area contributed by atoms with E-state index in [0.717, 1.165) is 31.2 Å². The van der Waals surface area contributed by atoms with Crippen LogP contribution in [0.3, 0.4) is 0 Å². The number of carbonyl (C=O) groups excluding carboxylic acids is 1. The van der Waals surface area contributed by atoms with E-state index in [4.69, 9.17) is 4.99 Å². The summed E-state index contributed by atoms with van der Waals surface area (Å²) in [5, 5.41) is 7.53. The zero-order valence-electron chi connectivity index (χ0n) is 17.9. The van der Waals surface area contributed by atoms with Gasteiger partial charge in [-0.3, -0.25) is 14.5 Å². The molecular formula is C22H32N6O. The van der Waals surface area contributed by atoms with Gasteiger partial charge in [0.2, 0.25) is 5.91 Å². The topological polar surface area (TPSA) is 65.8 Å². The molecule has 1 aromatic heterocycles. The highest BCUT2D eigenvalue weighted by Gasteiger charge is 2.28. The number of hydrogen-bond donors (Lipinski definition) is 1. The number of aromatic nitrogens is 2. The molecule has 156 valence electrons. The summed E-state index contributed by atoms with van der Waals surface area (Å²) in [6, 6.07) is 10.5. The summed E-state index contributed by atoms with van der Waals surface area (Å²) in [4.78, 5) is 21.5. The molecule has 2 heterocycles. The number of rotatable bonds is 6. The molecule has 0 aliphatic carbocycles. The fourth-order valence-electron chi connectivity index (χ4n) is 3.59. The van der Waals surface area contributed by atoms with Crippen LogP contribution in [0.25, 0.3) is 0 Å². The lowest BCUT2D eigenvalue weighted by Crippen LogP contribution is -2.55. The summed E-state index contributed by atoms with van der Waals surface area (Å²) in [5.74, 6) is 0.881. The van der Waals surface area contributed by atoms with Crippen molar-refractivity contribution in [2.45, 2.75) is 27.2 Å². The minimum absolute atomic E-state index is 0.0313. The summed E-state index contributed by atoms with van der Waals surface area (Å²) >= 11 is 0. The molecular weight excluding hydrogens is 364 g/mol. The van der Waals surface area contributed by atoms with Crippen molar-refractivity contribution in [3.63, 3.8) is 0 Å². The van der Waals surface area contributed by atoms with Gasteiger partial charge in [0, 0.05) is 39.4 Å². The molecule has 1 amide bonds. The largest absolute Gasteiger partial charge is 0.357 e. The van der Waals surface area contributed by atoms with Crippen LogP contribution in [0.5, 0.6) is 0 Å². The molecule has 2 aromatic rings. The fraction of sp³-hybridized carbons (Fsp3) is 0.500. The number of amides is 1. The zero-order chi connectivity index (χ0) is 20.9. The van der Waals surface area contributed by atoms with Gasteiger partial charge in [-0.1, -0.05) is 44.2 Å². The summed E-state index contributed by atoms with van der Waals surface area (Å²) in [6.45, 7) is 9.68. The van der Waals surface area contributed by atoms with E-state index in [1.165, 1.54) is 5.56 Å². The number of nitrogens with one attached hydrogen (secondary N) is 1. The number of benzene rings is 1. The first-order chi connectivity index (χ1) is 13.9. The number of aryl methyl sites for hydroxylation is 1. The Bertz CT molecular complexity index is 842. The first-order valence-electron chi connectivity index (χ1n) is 10.2. The van der Waals surface area contributed by atoms with Crippen molar-refractivity contribution in [1.82, 2.24) is 20.0 Å². The summed E-state index contributed by atoms with van der Waals surface area (Å²) < 4.78 is 1.72. The van der Waals surface area contributed by atoms with Crippen LogP contribution in [0.4, 0.5) is 5.69 Å². The Balaban J connectivity index is 1.65. The standard InChI is InChI=1S/C22H32N6O/c1-5-23-21(24-17-22(2,3)13-18-9-7-6-8-10-18)27-11-12-28(20(29)16-27)19-14-25-26(4)15-19/h6-10,14-15H,5,11-13,16-17H2,1-4H3,(H,23,24).